The van der Waals surface area contributed by atoms with E-state index in [4.69, 9.17) is 18.0 Å². The van der Waals surface area contributed by atoms with Crippen molar-refractivity contribution < 1.29 is 0 Å². The summed E-state index contributed by atoms with van der Waals surface area (Å²) in [5, 5.41) is 0. The molecular weight excluding hydrogens is 230 g/mol. The Morgan fingerprint density at radius 1 is 1.35 bits per heavy atom. The average molecular weight is 249 g/mol. The van der Waals surface area contributed by atoms with E-state index in [0.717, 1.165) is 19.5 Å². The van der Waals surface area contributed by atoms with E-state index in [0.29, 0.717) is 4.99 Å². The molecule has 2 rings (SSSR count). The first-order valence-electron chi connectivity index (χ1n) is 6.01. The lowest BCUT2D eigenvalue weighted by atomic mass is 10.1. The smallest absolute Gasteiger partial charge is 0.0955 e. The highest BCUT2D eigenvalue weighted by Crippen LogP contribution is 2.33. The molecule has 1 aromatic carbocycles. The van der Waals surface area contributed by atoms with Crippen LogP contribution in [0.15, 0.2) is 24.3 Å². The summed E-state index contributed by atoms with van der Waals surface area (Å²) in [5.74, 6) is 0. The second-order valence-electron chi connectivity index (χ2n) is 4.43. The van der Waals surface area contributed by atoms with Crippen LogP contribution in [0.1, 0.15) is 13.3 Å². The largest absolute Gasteiger partial charge is 0.392 e. The second-order valence-corrected chi connectivity index (χ2v) is 4.90. The molecule has 1 aliphatic rings. The normalized spacial score (nSPS) is 16.6. The van der Waals surface area contributed by atoms with Crippen LogP contribution in [0.5, 0.6) is 0 Å². The number of hydrogen-bond acceptors (Lipinski definition) is 3. The predicted molar refractivity (Wildman–Crippen MR) is 77.9 cm³/mol. The molecule has 0 aromatic heterocycles. The highest BCUT2D eigenvalue weighted by molar-refractivity contribution is 7.80. The lowest BCUT2D eigenvalue weighted by Gasteiger charge is -2.41. The molecule has 4 heteroatoms. The molecule has 1 heterocycles. The van der Waals surface area contributed by atoms with E-state index in [2.05, 4.69) is 48.0 Å². The van der Waals surface area contributed by atoms with Crippen molar-refractivity contribution in [2.45, 2.75) is 19.4 Å². The van der Waals surface area contributed by atoms with Gasteiger partial charge in [0.1, 0.15) is 0 Å². The number of thiocarbonyl (C=S) groups is 1. The Morgan fingerprint density at radius 3 is 2.59 bits per heavy atom. The number of anilines is 2. The number of para-hydroxylation sites is 2. The van der Waals surface area contributed by atoms with Crippen molar-refractivity contribution in [2.75, 3.05) is 29.9 Å². The van der Waals surface area contributed by atoms with Gasteiger partial charge in [0.15, 0.2) is 0 Å². The lowest BCUT2D eigenvalue weighted by Crippen LogP contribution is -2.49. The molecule has 0 aliphatic carbocycles. The molecule has 2 N–H and O–H groups in total. The summed E-state index contributed by atoms with van der Waals surface area (Å²) in [7, 11) is 2.12. The van der Waals surface area contributed by atoms with Crippen molar-refractivity contribution in [3.8, 4) is 0 Å². The van der Waals surface area contributed by atoms with Crippen LogP contribution in [-0.4, -0.2) is 31.2 Å². The molecule has 17 heavy (non-hydrogen) atoms. The van der Waals surface area contributed by atoms with Crippen LogP contribution >= 0.6 is 12.2 Å². The topological polar surface area (TPSA) is 32.5 Å². The van der Waals surface area contributed by atoms with Crippen LogP contribution in [-0.2, 0) is 0 Å². The SMILES string of the molecule is CCC(C(N)=S)N1CCN(C)c2ccccc21. The fourth-order valence-electron chi connectivity index (χ4n) is 2.43. The zero-order valence-corrected chi connectivity index (χ0v) is 11.2. The maximum absolute atomic E-state index is 5.85. The van der Waals surface area contributed by atoms with Crippen LogP contribution in [0.25, 0.3) is 0 Å². The van der Waals surface area contributed by atoms with Gasteiger partial charge in [0.25, 0.3) is 0 Å². The molecule has 1 unspecified atom stereocenters. The van der Waals surface area contributed by atoms with E-state index in [-0.39, 0.29) is 6.04 Å². The van der Waals surface area contributed by atoms with Crippen molar-refractivity contribution in [1.82, 2.24) is 0 Å². The summed E-state index contributed by atoms with van der Waals surface area (Å²) in [6, 6.07) is 8.59. The maximum Gasteiger partial charge on any atom is 0.0955 e. The van der Waals surface area contributed by atoms with Crippen LogP contribution in [0.3, 0.4) is 0 Å². The molecule has 0 amide bonds. The zero-order valence-electron chi connectivity index (χ0n) is 10.4. The number of benzene rings is 1. The number of fused-ring (bicyclic) bond motifs is 1. The Labute approximate surface area is 108 Å². The summed E-state index contributed by atoms with van der Waals surface area (Å²) in [6.45, 7) is 4.12. The summed E-state index contributed by atoms with van der Waals surface area (Å²) < 4.78 is 0. The van der Waals surface area contributed by atoms with Crippen molar-refractivity contribution in [3.05, 3.63) is 24.3 Å². The van der Waals surface area contributed by atoms with E-state index in [1.54, 1.807) is 0 Å². The first kappa shape index (κ1) is 12.2. The third-order valence-electron chi connectivity index (χ3n) is 3.37. The van der Waals surface area contributed by atoms with Gasteiger partial charge in [0, 0.05) is 20.1 Å². The lowest BCUT2D eigenvalue weighted by molar-refractivity contribution is 0.665. The Hall–Kier alpha value is -1.29. The molecule has 1 aliphatic heterocycles. The van der Waals surface area contributed by atoms with Crippen molar-refractivity contribution >= 4 is 28.6 Å². The third-order valence-corrected chi connectivity index (χ3v) is 3.64. The number of nitrogens with two attached hydrogens (primary N) is 1. The van der Waals surface area contributed by atoms with Gasteiger partial charge in [0.05, 0.1) is 22.4 Å². The first-order chi connectivity index (χ1) is 8.15. The Bertz CT molecular complexity index is 419. The van der Waals surface area contributed by atoms with Crippen molar-refractivity contribution in [1.29, 1.82) is 0 Å². The minimum Gasteiger partial charge on any atom is -0.392 e. The Kier molecular flexibility index (Phi) is 3.52. The summed E-state index contributed by atoms with van der Waals surface area (Å²) >= 11 is 5.18. The Morgan fingerprint density at radius 2 is 2.00 bits per heavy atom. The molecule has 1 atom stereocenters. The molecule has 0 spiro atoms. The van der Waals surface area contributed by atoms with Gasteiger partial charge in [-0.25, -0.2) is 0 Å². The van der Waals surface area contributed by atoms with E-state index in [9.17, 15) is 0 Å². The summed E-state index contributed by atoms with van der Waals surface area (Å²) in [4.78, 5) is 5.20. The van der Waals surface area contributed by atoms with E-state index < -0.39 is 0 Å². The summed E-state index contributed by atoms with van der Waals surface area (Å²) in [5.41, 5.74) is 8.34. The number of nitrogens with zero attached hydrogens (tertiary/aromatic N) is 2. The van der Waals surface area contributed by atoms with Crippen LogP contribution in [0.2, 0.25) is 0 Å². The van der Waals surface area contributed by atoms with Gasteiger partial charge in [-0.1, -0.05) is 31.3 Å². The molecule has 0 saturated carbocycles. The summed E-state index contributed by atoms with van der Waals surface area (Å²) in [6.07, 6.45) is 0.952. The fraction of sp³-hybridized carbons (Fsp3) is 0.462. The van der Waals surface area contributed by atoms with Crippen LogP contribution in [0.4, 0.5) is 11.4 Å². The average Bonchev–Trinajstić information content (AvgIpc) is 2.33. The standard InChI is InChI=1S/C13H19N3S/c1-3-10(13(14)17)16-9-8-15(2)11-6-4-5-7-12(11)16/h4-7,10H,3,8-9H2,1-2H3,(H2,14,17). The van der Waals surface area contributed by atoms with Gasteiger partial charge >= 0.3 is 0 Å². The molecule has 0 radical (unpaired) electrons. The molecule has 0 bridgehead atoms. The molecule has 92 valence electrons. The van der Waals surface area contributed by atoms with Crippen LogP contribution in [0, 0.1) is 0 Å². The minimum atomic E-state index is 0.167. The number of hydrogen-bond donors (Lipinski definition) is 1. The monoisotopic (exact) mass is 249 g/mol. The second kappa shape index (κ2) is 4.92. The van der Waals surface area contributed by atoms with Gasteiger partial charge in [0.2, 0.25) is 0 Å². The van der Waals surface area contributed by atoms with Gasteiger partial charge in [-0.2, -0.15) is 0 Å². The van der Waals surface area contributed by atoms with Crippen LogP contribution < -0.4 is 15.5 Å². The Balaban J connectivity index is 2.38. The fourth-order valence-corrected chi connectivity index (χ4v) is 2.72. The van der Waals surface area contributed by atoms with Crippen molar-refractivity contribution in [2.24, 2.45) is 5.73 Å². The molecule has 3 nitrogen and oxygen atoms in total. The molecule has 0 fully saturated rings. The maximum atomic E-state index is 5.85. The van der Waals surface area contributed by atoms with Gasteiger partial charge in [-0.05, 0) is 18.6 Å². The first-order valence-corrected chi connectivity index (χ1v) is 6.42. The number of rotatable bonds is 3. The van der Waals surface area contributed by atoms with Gasteiger partial charge < -0.3 is 15.5 Å². The molecular formula is C13H19N3S. The minimum absolute atomic E-state index is 0.167. The van der Waals surface area contributed by atoms with E-state index >= 15 is 0 Å². The highest BCUT2D eigenvalue weighted by atomic mass is 32.1. The predicted octanol–water partition coefficient (Wildman–Crippen LogP) is 2.01. The molecule has 0 saturated heterocycles. The molecule has 1 aromatic rings. The van der Waals surface area contributed by atoms with Crippen molar-refractivity contribution in [3.63, 3.8) is 0 Å². The zero-order chi connectivity index (χ0) is 12.4. The third kappa shape index (κ3) is 2.22. The van der Waals surface area contributed by atoms with E-state index in [1.165, 1.54) is 11.4 Å². The quantitative estimate of drug-likeness (QED) is 0.831. The van der Waals surface area contributed by atoms with Gasteiger partial charge in [-0.15, -0.1) is 0 Å². The highest BCUT2D eigenvalue weighted by Gasteiger charge is 2.26. The van der Waals surface area contributed by atoms with Gasteiger partial charge in [-0.3, -0.25) is 0 Å². The van der Waals surface area contributed by atoms with E-state index in [1.807, 2.05) is 0 Å². The number of likely N-dealkylation sites (N-methyl/N-ethyl adjacent to an activating group) is 1.